The van der Waals surface area contributed by atoms with Crippen LogP contribution in [0.1, 0.15) is 19.8 Å². The van der Waals surface area contributed by atoms with Gasteiger partial charge < -0.3 is 14.9 Å². The van der Waals surface area contributed by atoms with Crippen LogP contribution in [-0.2, 0) is 9.47 Å². The molecule has 0 atom stereocenters. The average molecular weight is 171 g/mol. The summed E-state index contributed by atoms with van der Waals surface area (Å²) in [5, 5.41) is 7.04. The maximum Gasteiger partial charge on any atom is 0.0570 e. The number of rotatable bonds is 6. The first kappa shape index (κ1) is 9.68. The van der Waals surface area contributed by atoms with Crippen LogP contribution in [-0.4, -0.2) is 32.6 Å². The van der Waals surface area contributed by atoms with Crippen LogP contribution in [0.15, 0.2) is 0 Å². The molecule has 1 N–H and O–H groups in total. The summed E-state index contributed by atoms with van der Waals surface area (Å²) in [7, 11) is 0. The summed E-state index contributed by atoms with van der Waals surface area (Å²) >= 11 is 0. The quantitative estimate of drug-likeness (QED) is 0.485. The fraction of sp³-hybridized carbons (Fsp3) is 0.889. The van der Waals surface area contributed by atoms with E-state index in [1.165, 1.54) is 6.21 Å². The van der Waals surface area contributed by atoms with E-state index in [4.69, 9.17) is 14.9 Å². The Balaban J connectivity index is 2.19. The summed E-state index contributed by atoms with van der Waals surface area (Å²) in [6, 6.07) is 0. The Bertz CT molecular complexity index is 143. The van der Waals surface area contributed by atoms with Crippen molar-refractivity contribution in [1.29, 1.82) is 5.41 Å². The van der Waals surface area contributed by atoms with Gasteiger partial charge in [0.05, 0.1) is 19.8 Å². The molecule has 0 aromatic rings. The fourth-order valence-electron chi connectivity index (χ4n) is 1.30. The smallest absolute Gasteiger partial charge is 0.0570 e. The molecule has 0 aliphatic carbocycles. The van der Waals surface area contributed by atoms with Crippen molar-refractivity contribution < 1.29 is 9.47 Å². The number of ether oxygens (including phenoxy) is 2. The van der Waals surface area contributed by atoms with E-state index in [-0.39, 0.29) is 5.41 Å². The van der Waals surface area contributed by atoms with Crippen molar-refractivity contribution in [2.24, 2.45) is 5.41 Å². The third-order valence-corrected chi connectivity index (χ3v) is 2.11. The molecule has 0 aromatic carbocycles. The maximum absolute atomic E-state index is 7.04. The van der Waals surface area contributed by atoms with Crippen LogP contribution < -0.4 is 0 Å². The maximum atomic E-state index is 7.04. The van der Waals surface area contributed by atoms with Gasteiger partial charge in [-0.05, 0) is 19.1 Å². The Morgan fingerprint density at radius 2 is 2.33 bits per heavy atom. The highest BCUT2D eigenvalue weighted by molar-refractivity contribution is 5.54. The average Bonchev–Trinajstić information content (AvgIpc) is 2.00. The molecule has 1 fully saturated rings. The van der Waals surface area contributed by atoms with Gasteiger partial charge >= 0.3 is 0 Å². The second-order valence-electron chi connectivity index (χ2n) is 3.45. The van der Waals surface area contributed by atoms with Crippen LogP contribution >= 0.6 is 0 Å². The van der Waals surface area contributed by atoms with Gasteiger partial charge in [-0.2, -0.15) is 0 Å². The second-order valence-corrected chi connectivity index (χ2v) is 3.45. The molecule has 0 aromatic heterocycles. The van der Waals surface area contributed by atoms with Crippen molar-refractivity contribution in [3.8, 4) is 0 Å². The lowest BCUT2D eigenvalue weighted by Crippen LogP contribution is -2.46. The van der Waals surface area contributed by atoms with Gasteiger partial charge in [-0.15, -0.1) is 0 Å². The molecule has 1 heterocycles. The van der Waals surface area contributed by atoms with E-state index < -0.39 is 0 Å². The number of nitrogens with one attached hydrogen (secondary N) is 1. The van der Waals surface area contributed by atoms with Crippen LogP contribution in [0.5, 0.6) is 0 Å². The van der Waals surface area contributed by atoms with Gasteiger partial charge in [-0.1, -0.05) is 6.92 Å². The van der Waals surface area contributed by atoms with Crippen molar-refractivity contribution in [3.05, 3.63) is 0 Å². The lowest BCUT2D eigenvalue weighted by Gasteiger charge is -2.40. The van der Waals surface area contributed by atoms with Gasteiger partial charge in [0, 0.05) is 12.0 Å². The molecule has 1 aliphatic heterocycles. The third kappa shape index (κ3) is 2.29. The summed E-state index contributed by atoms with van der Waals surface area (Å²) in [6.07, 6.45) is 3.30. The summed E-state index contributed by atoms with van der Waals surface area (Å²) < 4.78 is 10.6. The summed E-state index contributed by atoms with van der Waals surface area (Å²) in [5.41, 5.74) is 0.136. The summed E-state index contributed by atoms with van der Waals surface area (Å²) in [5.74, 6) is 0. The van der Waals surface area contributed by atoms with Gasteiger partial charge in [0.15, 0.2) is 0 Å². The molecule has 0 spiro atoms. The normalized spacial score (nSPS) is 20.1. The predicted molar refractivity (Wildman–Crippen MR) is 47.8 cm³/mol. The molecule has 3 heteroatoms. The van der Waals surface area contributed by atoms with Gasteiger partial charge in [0.25, 0.3) is 0 Å². The van der Waals surface area contributed by atoms with Crippen LogP contribution in [0.25, 0.3) is 0 Å². The lowest BCUT2D eigenvalue weighted by atomic mass is 9.84. The van der Waals surface area contributed by atoms with Crippen LogP contribution in [0.4, 0.5) is 0 Å². The zero-order chi connectivity index (χ0) is 8.86. The Morgan fingerprint density at radius 3 is 2.75 bits per heavy atom. The molecule has 3 nitrogen and oxygen atoms in total. The van der Waals surface area contributed by atoms with Gasteiger partial charge in [-0.3, -0.25) is 0 Å². The Kier molecular flexibility index (Phi) is 3.69. The predicted octanol–water partition coefficient (Wildman–Crippen LogP) is 1.47. The molecule has 70 valence electrons. The van der Waals surface area contributed by atoms with E-state index in [9.17, 15) is 0 Å². The highest BCUT2D eigenvalue weighted by Gasteiger charge is 2.37. The van der Waals surface area contributed by atoms with Gasteiger partial charge in [0.2, 0.25) is 0 Å². The molecule has 12 heavy (non-hydrogen) atoms. The summed E-state index contributed by atoms with van der Waals surface area (Å²) in [4.78, 5) is 0. The molecular weight excluding hydrogens is 154 g/mol. The van der Waals surface area contributed by atoms with Crippen LogP contribution in [0, 0.1) is 10.8 Å². The minimum Gasteiger partial charge on any atom is -0.381 e. The fourth-order valence-corrected chi connectivity index (χ4v) is 1.30. The van der Waals surface area contributed by atoms with Gasteiger partial charge in [-0.25, -0.2) is 0 Å². The van der Waals surface area contributed by atoms with E-state index in [0.717, 1.165) is 39.3 Å². The highest BCUT2D eigenvalue weighted by atomic mass is 16.5. The number of hydrogen-bond donors (Lipinski definition) is 1. The molecule has 0 saturated carbocycles. The first-order valence-electron chi connectivity index (χ1n) is 4.47. The van der Waals surface area contributed by atoms with Crippen molar-refractivity contribution in [1.82, 2.24) is 0 Å². The molecule has 1 saturated heterocycles. The van der Waals surface area contributed by atoms with E-state index >= 15 is 0 Å². The molecule has 0 radical (unpaired) electrons. The Labute approximate surface area is 73.6 Å². The Hall–Kier alpha value is -0.410. The largest absolute Gasteiger partial charge is 0.381 e. The van der Waals surface area contributed by atoms with Crippen molar-refractivity contribution >= 4 is 6.21 Å². The third-order valence-electron chi connectivity index (χ3n) is 2.11. The van der Waals surface area contributed by atoms with E-state index in [1.54, 1.807) is 0 Å². The van der Waals surface area contributed by atoms with Crippen LogP contribution in [0.3, 0.4) is 0 Å². The zero-order valence-electron chi connectivity index (χ0n) is 7.64. The zero-order valence-corrected chi connectivity index (χ0v) is 7.64. The summed E-state index contributed by atoms with van der Waals surface area (Å²) in [6.45, 7) is 5.18. The van der Waals surface area contributed by atoms with Crippen molar-refractivity contribution in [3.63, 3.8) is 0 Å². The highest BCUT2D eigenvalue weighted by Crippen LogP contribution is 2.30. The topological polar surface area (TPSA) is 42.3 Å². The van der Waals surface area contributed by atoms with Gasteiger partial charge in [0.1, 0.15) is 0 Å². The van der Waals surface area contributed by atoms with E-state index in [2.05, 4.69) is 6.92 Å². The van der Waals surface area contributed by atoms with Crippen molar-refractivity contribution in [2.75, 3.05) is 26.4 Å². The lowest BCUT2D eigenvalue weighted by molar-refractivity contribution is -0.143. The molecular formula is C9H17NO2. The minimum atomic E-state index is 0.136. The second kappa shape index (κ2) is 4.58. The first-order valence-corrected chi connectivity index (χ1v) is 4.47. The van der Waals surface area contributed by atoms with Crippen LogP contribution in [0.2, 0.25) is 0 Å². The monoisotopic (exact) mass is 171 g/mol. The molecule has 0 bridgehead atoms. The van der Waals surface area contributed by atoms with E-state index in [1.807, 2.05) is 0 Å². The van der Waals surface area contributed by atoms with E-state index in [0.29, 0.717) is 0 Å². The molecule has 0 unspecified atom stereocenters. The van der Waals surface area contributed by atoms with Crippen molar-refractivity contribution in [2.45, 2.75) is 19.8 Å². The first-order chi connectivity index (χ1) is 5.83. The standard InChI is InChI=1S/C9H17NO2/c1-2-5-11-6-9(3-4-10)7-12-8-9/h4,10H,2-3,5-8H2,1H3. The molecule has 0 amide bonds. The minimum absolute atomic E-state index is 0.136. The molecule has 1 aliphatic rings. The number of hydrogen-bond acceptors (Lipinski definition) is 3. The Morgan fingerprint density at radius 1 is 1.58 bits per heavy atom. The molecule has 1 rings (SSSR count). The SMILES string of the molecule is CCCOCC1(CC=N)COC1.